The largest absolute Gasteiger partial charge is 0.310 e. The summed E-state index contributed by atoms with van der Waals surface area (Å²) in [5.41, 5.74) is 12.6. The Labute approximate surface area is 286 Å². The molecule has 0 amide bonds. The fraction of sp³-hybridized carbons (Fsp3) is 0.106. The Bertz CT molecular complexity index is 2700. The highest BCUT2D eigenvalue weighted by Gasteiger charge is 2.34. The first-order valence-corrected chi connectivity index (χ1v) is 17.4. The van der Waals surface area contributed by atoms with Gasteiger partial charge in [-0.15, -0.1) is 0 Å². The molecule has 0 N–H and O–H groups in total. The van der Waals surface area contributed by atoms with E-state index in [1.165, 1.54) is 88.4 Å². The van der Waals surface area contributed by atoms with Gasteiger partial charge in [0.2, 0.25) is 0 Å². The maximum atomic E-state index is 2.50. The van der Waals surface area contributed by atoms with Crippen molar-refractivity contribution in [1.82, 2.24) is 4.57 Å². The van der Waals surface area contributed by atoms with Gasteiger partial charge < -0.3 is 9.47 Å². The van der Waals surface area contributed by atoms with Crippen LogP contribution in [-0.4, -0.2) is 4.57 Å². The zero-order valence-corrected chi connectivity index (χ0v) is 27.8. The monoisotopic (exact) mass is 628 g/mol. The molecule has 2 heteroatoms. The molecule has 0 radical (unpaired) electrons. The van der Waals surface area contributed by atoms with Crippen LogP contribution in [0.25, 0.3) is 60.2 Å². The molecule has 1 aliphatic carbocycles. The molecule has 0 spiro atoms. The van der Waals surface area contributed by atoms with Crippen LogP contribution in [0, 0.1) is 0 Å². The van der Waals surface area contributed by atoms with Crippen molar-refractivity contribution in [1.29, 1.82) is 0 Å². The summed E-state index contributed by atoms with van der Waals surface area (Å²) < 4.78 is 2.50. The van der Waals surface area contributed by atoms with Gasteiger partial charge in [0, 0.05) is 33.0 Å². The van der Waals surface area contributed by atoms with Crippen LogP contribution in [0.3, 0.4) is 0 Å². The third kappa shape index (κ3) is 4.14. The molecule has 0 saturated carbocycles. The number of aromatic nitrogens is 1. The van der Waals surface area contributed by atoms with Crippen molar-refractivity contribution >= 4 is 54.7 Å². The Balaban J connectivity index is 1.18. The average molecular weight is 629 g/mol. The molecule has 2 heterocycles. The fourth-order valence-corrected chi connectivity index (χ4v) is 8.57. The third-order valence-corrected chi connectivity index (χ3v) is 11.0. The molecule has 10 rings (SSSR count). The van der Waals surface area contributed by atoms with Gasteiger partial charge >= 0.3 is 0 Å². The maximum absolute atomic E-state index is 2.50. The molecule has 0 unspecified atom stereocenters. The summed E-state index contributed by atoms with van der Waals surface area (Å²) in [6.45, 7) is 4.72. The molecule has 0 saturated heterocycles. The lowest BCUT2D eigenvalue weighted by molar-refractivity contribution is 0.630. The first-order valence-electron chi connectivity index (χ1n) is 17.4. The van der Waals surface area contributed by atoms with E-state index in [-0.39, 0.29) is 5.41 Å². The number of hydrogen-bond acceptors (Lipinski definition) is 1. The Hall–Kier alpha value is -5.86. The molecule has 49 heavy (non-hydrogen) atoms. The summed E-state index contributed by atoms with van der Waals surface area (Å²) in [6.07, 6.45) is 9.09. The van der Waals surface area contributed by atoms with Crippen LogP contribution in [0.5, 0.6) is 0 Å². The molecule has 0 fully saturated rings. The standard InChI is InChI=1S/C47H36N2/c1-47(2)41-20-10-11-22-45(41)49-44-27-24-33(30-40(44)39-19-12-21-42(47)46(39)49)36-26-28-43(38-18-9-8-17-37(36)38)48(34-15-4-3-5-16-34)35-25-23-31-13-6-7-14-32(31)29-35/h4,6-30H,3,5H2,1-2H3. The van der Waals surface area contributed by atoms with E-state index in [1.807, 2.05) is 0 Å². The van der Waals surface area contributed by atoms with Gasteiger partial charge in [-0.25, -0.2) is 0 Å². The van der Waals surface area contributed by atoms with Crippen molar-refractivity contribution in [3.05, 3.63) is 175 Å². The quantitative estimate of drug-likeness (QED) is 0.188. The number of nitrogens with zero attached hydrogens (tertiary/aromatic N) is 2. The van der Waals surface area contributed by atoms with Crippen LogP contribution in [0.4, 0.5) is 11.4 Å². The van der Waals surface area contributed by atoms with Gasteiger partial charge in [-0.05, 0) is 93.7 Å². The molecule has 234 valence electrons. The molecule has 0 atom stereocenters. The zero-order valence-electron chi connectivity index (χ0n) is 27.8. The minimum atomic E-state index is -0.0742. The van der Waals surface area contributed by atoms with E-state index >= 15 is 0 Å². The third-order valence-electron chi connectivity index (χ3n) is 11.0. The average Bonchev–Trinajstić information content (AvgIpc) is 3.49. The van der Waals surface area contributed by atoms with Crippen molar-refractivity contribution in [2.45, 2.75) is 32.1 Å². The van der Waals surface area contributed by atoms with Crippen LogP contribution in [-0.2, 0) is 5.41 Å². The summed E-state index contributed by atoms with van der Waals surface area (Å²) in [4.78, 5) is 2.45. The number of para-hydroxylation sites is 2. The van der Waals surface area contributed by atoms with Crippen LogP contribution < -0.4 is 4.90 Å². The zero-order chi connectivity index (χ0) is 32.7. The smallest absolute Gasteiger partial charge is 0.0582 e. The van der Waals surface area contributed by atoms with Crippen LogP contribution in [0.2, 0.25) is 0 Å². The maximum Gasteiger partial charge on any atom is 0.0582 e. The van der Waals surface area contributed by atoms with E-state index in [4.69, 9.17) is 0 Å². The molecule has 0 bridgehead atoms. The second kappa shape index (κ2) is 10.6. The number of allylic oxidation sites excluding steroid dienone is 3. The molecule has 7 aromatic carbocycles. The van der Waals surface area contributed by atoms with E-state index < -0.39 is 0 Å². The molecule has 8 aromatic rings. The van der Waals surface area contributed by atoms with Gasteiger partial charge in [0.05, 0.1) is 22.4 Å². The summed E-state index contributed by atoms with van der Waals surface area (Å²) in [5, 5.41) is 7.61. The summed E-state index contributed by atoms with van der Waals surface area (Å²) in [7, 11) is 0. The molecule has 1 aliphatic heterocycles. The minimum Gasteiger partial charge on any atom is -0.310 e. The van der Waals surface area contributed by atoms with E-state index in [9.17, 15) is 0 Å². The van der Waals surface area contributed by atoms with Crippen LogP contribution in [0.15, 0.2) is 163 Å². The predicted molar refractivity (Wildman–Crippen MR) is 208 cm³/mol. The van der Waals surface area contributed by atoms with Crippen molar-refractivity contribution < 1.29 is 0 Å². The van der Waals surface area contributed by atoms with Gasteiger partial charge in [0.1, 0.15) is 0 Å². The lowest BCUT2D eigenvalue weighted by Crippen LogP contribution is -2.26. The second-order valence-corrected chi connectivity index (χ2v) is 14.1. The van der Waals surface area contributed by atoms with E-state index in [0.29, 0.717) is 0 Å². The Morgan fingerprint density at radius 2 is 1.37 bits per heavy atom. The molecule has 2 aliphatic rings. The Morgan fingerprint density at radius 1 is 0.592 bits per heavy atom. The normalized spacial score (nSPS) is 14.8. The van der Waals surface area contributed by atoms with Gasteiger partial charge in [-0.3, -0.25) is 0 Å². The summed E-state index contributed by atoms with van der Waals surface area (Å²) in [5.74, 6) is 0. The van der Waals surface area contributed by atoms with E-state index in [0.717, 1.165) is 12.8 Å². The fourth-order valence-electron chi connectivity index (χ4n) is 8.57. The lowest BCUT2D eigenvalue weighted by Gasteiger charge is -2.34. The molecule has 1 aromatic heterocycles. The number of benzene rings is 7. The van der Waals surface area contributed by atoms with Crippen molar-refractivity contribution in [2.75, 3.05) is 4.90 Å². The van der Waals surface area contributed by atoms with Crippen LogP contribution >= 0.6 is 0 Å². The van der Waals surface area contributed by atoms with Crippen molar-refractivity contribution in [3.8, 4) is 16.8 Å². The summed E-state index contributed by atoms with van der Waals surface area (Å²) >= 11 is 0. The van der Waals surface area contributed by atoms with Gasteiger partial charge in [-0.1, -0.05) is 129 Å². The SMILES string of the molecule is CC1(C)c2ccccc2-n2c3ccc(-c4ccc(N(C5=CCCC=C5)c5ccc6ccccc6c5)c5ccccc45)cc3c3cccc1c32. The predicted octanol–water partition coefficient (Wildman–Crippen LogP) is 12.8. The molecular weight excluding hydrogens is 593 g/mol. The van der Waals surface area contributed by atoms with Gasteiger partial charge in [0.15, 0.2) is 0 Å². The van der Waals surface area contributed by atoms with E-state index in [2.05, 4.69) is 181 Å². The van der Waals surface area contributed by atoms with Gasteiger partial charge in [-0.2, -0.15) is 0 Å². The highest BCUT2D eigenvalue weighted by Crippen LogP contribution is 2.48. The summed E-state index contributed by atoms with van der Waals surface area (Å²) in [6, 6.07) is 51.9. The number of rotatable bonds is 4. The first kappa shape index (κ1) is 28.2. The lowest BCUT2D eigenvalue weighted by atomic mass is 9.75. The van der Waals surface area contributed by atoms with Gasteiger partial charge in [0.25, 0.3) is 0 Å². The highest BCUT2D eigenvalue weighted by molar-refractivity contribution is 6.14. The topological polar surface area (TPSA) is 8.17 Å². The Morgan fingerprint density at radius 3 is 2.24 bits per heavy atom. The van der Waals surface area contributed by atoms with Crippen molar-refractivity contribution in [2.24, 2.45) is 0 Å². The van der Waals surface area contributed by atoms with Crippen molar-refractivity contribution in [3.63, 3.8) is 0 Å². The number of fused-ring (bicyclic) bond motifs is 7. The molecular formula is C47H36N2. The minimum absolute atomic E-state index is 0.0742. The first-order chi connectivity index (χ1) is 24.1. The number of hydrogen-bond donors (Lipinski definition) is 0. The van der Waals surface area contributed by atoms with E-state index in [1.54, 1.807) is 0 Å². The highest BCUT2D eigenvalue weighted by atomic mass is 15.1. The number of anilines is 2. The molecule has 2 nitrogen and oxygen atoms in total. The second-order valence-electron chi connectivity index (χ2n) is 14.1. The van der Waals surface area contributed by atoms with Crippen LogP contribution in [0.1, 0.15) is 37.8 Å². The Kier molecular flexibility index (Phi) is 6.08.